The van der Waals surface area contributed by atoms with Gasteiger partial charge in [-0.25, -0.2) is 0 Å². The van der Waals surface area contributed by atoms with Gasteiger partial charge >= 0.3 is 0 Å². The van der Waals surface area contributed by atoms with Gasteiger partial charge in [-0.1, -0.05) is 11.6 Å². The largest absolute Gasteiger partial charge is 0.398 e. The van der Waals surface area contributed by atoms with Crippen LogP contribution in [0, 0.1) is 0 Å². The molecule has 1 aliphatic heterocycles. The van der Waals surface area contributed by atoms with Crippen LogP contribution in [-0.2, 0) is 0 Å². The number of halogens is 1. The van der Waals surface area contributed by atoms with Gasteiger partial charge in [0.1, 0.15) is 0 Å². The summed E-state index contributed by atoms with van der Waals surface area (Å²) in [5, 5.41) is 7.13. The number of nitrogens with one attached hydrogen (secondary N) is 2. The van der Waals surface area contributed by atoms with Crippen LogP contribution in [0.15, 0.2) is 18.2 Å². The summed E-state index contributed by atoms with van der Waals surface area (Å²) in [6, 6.07) is 5.12. The fourth-order valence-corrected chi connectivity index (χ4v) is 3.54. The van der Waals surface area contributed by atoms with E-state index in [1.165, 1.54) is 0 Å². The molecule has 0 unspecified atom stereocenters. The van der Waals surface area contributed by atoms with Crippen LogP contribution in [0.3, 0.4) is 0 Å². The van der Waals surface area contributed by atoms with Gasteiger partial charge in [0, 0.05) is 22.7 Å². The minimum absolute atomic E-state index is 0.00153. The monoisotopic (exact) mass is 309 g/mol. The van der Waals surface area contributed by atoms with E-state index in [-0.39, 0.29) is 23.0 Å². The average molecular weight is 310 g/mol. The number of nitrogens with two attached hydrogens (primary N) is 1. The molecule has 1 fully saturated rings. The summed E-state index contributed by atoms with van der Waals surface area (Å²) in [7, 11) is 0. The van der Waals surface area contributed by atoms with Crippen molar-refractivity contribution in [3.05, 3.63) is 28.8 Å². The highest BCUT2D eigenvalue weighted by Crippen LogP contribution is 2.29. The lowest BCUT2D eigenvalue weighted by atomic mass is 9.79. The highest BCUT2D eigenvalue weighted by Gasteiger charge is 2.38. The van der Waals surface area contributed by atoms with Gasteiger partial charge in [-0.05, 0) is 58.7 Å². The molecule has 116 valence electrons. The Hall–Kier alpha value is -1.26. The van der Waals surface area contributed by atoms with Crippen LogP contribution in [0.25, 0.3) is 0 Å². The van der Waals surface area contributed by atoms with Crippen LogP contribution >= 0.6 is 11.6 Å². The molecule has 0 atom stereocenters. The van der Waals surface area contributed by atoms with E-state index in [1.54, 1.807) is 18.2 Å². The van der Waals surface area contributed by atoms with Crippen LogP contribution < -0.4 is 16.4 Å². The zero-order chi connectivity index (χ0) is 15.8. The summed E-state index contributed by atoms with van der Waals surface area (Å²) >= 11 is 5.98. The lowest BCUT2D eigenvalue weighted by Crippen LogP contribution is -2.62. The molecule has 0 aliphatic carbocycles. The fraction of sp³-hybridized carbons (Fsp3) is 0.562. The summed E-state index contributed by atoms with van der Waals surface area (Å²) in [6.07, 6.45) is 1.79. The van der Waals surface area contributed by atoms with Gasteiger partial charge in [-0.3, -0.25) is 4.79 Å². The number of hydrogen-bond acceptors (Lipinski definition) is 3. The summed E-state index contributed by atoms with van der Waals surface area (Å²) in [4.78, 5) is 12.4. The first-order valence-electron chi connectivity index (χ1n) is 7.23. The van der Waals surface area contributed by atoms with Crippen LogP contribution in [0.2, 0.25) is 5.02 Å². The van der Waals surface area contributed by atoms with Crippen molar-refractivity contribution in [3.8, 4) is 0 Å². The Labute approximate surface area is 131 Å². The molecule has 2 rings (SSSR count). The molecular formula is C16H24ClN3O. The van der Waals surface area contributed by atoms with E-state index in [0.29, 0.717) is 16.3 Å². The number of amides is 1. The Morgan fingerprint density at radius 1 is 1.29 bits per heavy atom. The van der Waals surface area contributed by atoms with Gasteiger partial charge in [0.2, 0.25) is 0 Å². The minimum Gasteiger partial charge on any atom is -0.398 e. The molecular weight excluding hydrogens is 286 g/mol. The van der Waals surface area contributed by atoms with Gasteiger partial charge in [-0.15, -0.1) is 0 Å². The van der Waals surface area contributed by atoms with E-state index in [1.807, 2.05) is 0 Å². The Balaban J connectivity index is 2.10. The third-order valence-electron chi connectivity index (χ3n) is 3.79. The van der Waals surface area contributed by atoms with Gasteiger partial charge in [-0.2, -0.15) is 0 Å². The standard InChI is InChI=1S/C16H24ClN3O/c1-15(2)8-11(9-16(3,4)20-15)19-14(21)10-5-6-13(18)12(17)7-10/h5-7,11,20H,8-9,18H2,1-4H3,(H,19,21). The highest BCUT2D eigenvalue weighted by molar-refractivity contribution is 6.33. The molecule has 0 aromatic heterocycles. The normalized spacial score (nSPS) is 21.0. The molecule has 0 saturated carbocycles. The molecule has 1 aliphatic rings. The van der Waals surface area contributed by atoms with Crippen molar-refractivity contribution in [1.82, 2.24) is 10.6 Å². The van der Waals surface area contributed by atoms with Crippen LogP contribution in [0.4, 0.5) is 5.69 Å². The molecule has 0 radical (unpaired) electrons. The van der Waals surface area contributed by atoms with Gasteiger partial charge in [0.25, 0.3) is 5.91 Å². The Morgan fingerprint density at radius 3 is 2.38 bits per heavy atom. The molecule has 4 N–H and O–H groups in total. The average Bonchev–Trinajstić information content (AvgIpc) is 2.28. The molecule has 4 nitrogen and oxygen atoms in total. The first-order chi connectivity index (χ1) is 9.58. The van der Waals surface area contributed by atoms with Crippen molar-refractivity contribution in [1.29, 1.82) is 0 Å². The number of hydrogen-bond donors (Lipinski definition) is 3. The first kappa shape index (κ1) is 16.1. The highest BCUT2D eigenvalue weighted by atomic mass is 35.5. The first-order valence-corrected chi connectivity index (χ1v) is 7.61. The van der Waals surface area contributed by atoms with Crippen LogP contribution in [0.1, 0.15) is 50.9 Å². The Kier molecular flexibility index (Phi) is 4.22. The molecule has 0 bridgehead atoms. The maximum absolute atomic E-state index is 12.4. The van der Waals surface area contributed by atoms with Crippen molar-refractivity contribution in [2.24, 2.45) is 0 Å². The minimum atomic E-state index is -0.101. The van der Waals surface area contributed by atoms with E-state index in [0.717, 1.165) is 12.8 Å². The van der Waals surface area contributed by atoms with Crippen molar-refractivity contribution >= 4 is 23.2 Å². The lowest BCUT2D eigenvalue weighted by Gasteiger charge is -2.46. The van der Waals surface area contributed by atoms with Crippen LogP contribution in [0.5, 0.6) is 0 Å². The lowest BCUT2D eigenvalue weighted by molar-refractivity contribution is 0.0873. The van der Waals surface area contributed by atoms with Gasteiger partial charge in [0.05, 0.1) is 10.7 Å². The second-order valence-electron chi connectivity index (χ2n) is 7.21. The molecule has 21 heavy (non-hydrogen) atoms. The van der Waals surface area contributed by atoms with Crippen molar-refractivity contribution in [3.63, 3.8) is 0 Å². The van der Waals surface area contributed by atoms with Gasteiger partial charge < -0.3 is 16.4 Å². The number of rotatable bonds is 2. The van der Waals surface area contributed by atoms with Crippen molar-refractivity contribution in [2.45, 2.75) is 57.7 Å². The van der Waals surface area contributed by atoms with Gasteiger partial charge in [0.15, 0.2) is 0 Å². The van der Waals surface area contributed by atoms with E-state index in [4.69, 9.17) is 17.3 Å². The summed E-state index contributed by atoms with van der Waals surface area (Å²) < 4.78 is 0. The molecule has 5 heteroatoms. The van der Waals surface area contributed by atoms with E-state index >= 15 is 0 Å². The zero-order valence-corrected chi connectivity index (χ0v) is 13.8. The summed E-state index contributed by atoms with van der Waals surface area (Å²) in [6.45, 7) is 8.64. The predicted molar refractivity (Wildman–Crippen MR) is 87.6 cm³/mol. The molecule has 1 aromatic carbocycles. The van der Waals surface area contributed by atoms with E-state index in [9.17, 15) is 4.79 Å². The molecule has 0 spiro atoms. The number of piperidine rings is 1. The molecule has 1 amide bonds. The Morgan fingerprint density at radius 2 is 1.86 bits per heavy atom. The van der Waals surface area contributed by atoms with Crippen LogP contribution in [-0.4, -0.2) is 23.0 Å². The number of anilines is 1. The van der Waals surface area contributed by atoms with Crippen molar-refractivity contribution < 1.29 is 4.79 Å². The summed E-state index contributed by atoms with van der Waals surface area (Å²) in [5.74, 6) is -0.101. The second-order valence-corrected chi connectivity index (χ2v) is 7.61. The number of carbonyl (C=O) groups excluding carboxylic acids is 1. The number of carbonyl (C=O) groups is 1. The van der Waals surface area contributed by atoms with E-state index < -0.39 is 0 Å². The maximum Gasteiger partial charge on any atom is 0.251 e. The third-order valence-corrected chi connectivity index (χ3v) is 4.12. The predicted octanol–water partition coefficient (Wildman–Crippen LogP) is 2.96. The summed E-state index contributed by atoms with van der Waals surface area (Å²) in [5.41, 5.74) is 6.70. The zero-order valence-electron chi connectivity index (χ0n) is 13.1. The van der Waals surface area contributed by atoms with E-state index in [2.05, 4.69) is 38.3 Å². The number of benzene rings is 1. The molecule has 1 aromatic rings. The third kappa shape index (κ3) is 4.11. The smallest absolute Gasteiger partial charge is 0.251 e. The molecule has 1 heterocycles. The van der Waals surface area contributed by atoms with Crippen molar-refractivity contribution in [2.75, 3.05) is 5.73 Å². The topological polar surface area (TPSA) is 67.2 Å². The quantitative estimate of drug-likeness (QED) is 0.736. The molecule has 1 saturated heterocycles. The Bertz CT molecular complexity index is 538. The number of nitrogen functional groups attached to an aromatic ring is 1. The SMILES string of the molecule is CC1(C)CC(NC(=O)c2ccc(N)c(Cl)c2)CC(C)(C)N1. The second kappa shape index (κ2) is 5.50. The maximum atomic E-state index is 12.4. The fourth-order valence-electron chi connectivity index (χ4n) is 3.36.